The van der Waals surface area contributed by atoms with Crippen molar-refractivity contribution in [1.29, 1.82) is 0 Å². The second kappa shape index (κ2) is 9.77. The maximum absolute atomic E-state index is 13.0. The second-order valence-corrected chi connectivity index (χ2v) is 7.96. The number of amides is 1. The summed E-state index contributed by atoms with van der Waals surface area (Å²) in [4.78, 5) is 28.3. The molecule has 166 valence electrons. The number of pyridine rings is 1. The average molecular weight is 433 g/mol. The molecule has 0 saturated carbocycles. The van der Waals surface area contributed by atoms with E-state index in [1.54, 1.807) is 26.6 Å². The van der Waals surface area contributed by atoms with Crippen molar-refractivity contribution in [3.8, 4) is 22.6 Å². The zero-order valence-electron chi connectivity index (χ0n) is 18.7. The first-order valence-corrected chi connectivity index (χ1v) is 10.8. The topological polar surface area (TPSA) is 77.4 Å². The molecule has 7 heteroatoms. The molecule has 1 aromatic carbocycles. The molecule has 0 bridgehead atoms. The summed E-state index contributed by atoms with van der Waals surface area (Å²) in [7, 11) is 3.23. The van der Waals surface area contributed by atoms with Gasteiger partial charge in [0.05, 0.1) is 26.3 Å². The number of methoxy groups -OCH3 is 2. The molecule has 0 unspecified atom stereocenters. The molecule has 4 rings (SSSR count). The Morgan fingerprint density at radius 2 is 1.84 bits per heavy atom. The number of hydrogen-bond acceptors (Lipinski definition) is 6. The molecular formula is C25H28N4O3. The Morgan fingerprint density at radius 3 is 2.53 bits per heavy atom. The maximum Gasteiger partial charge on any atom is 0.227 e. The molecule has 32 heavy (non-hydrogen) atoms. The summed E-state index contributed by atoms with van der Waals surface area (Å²) >= 11 is 0. The van der Waals surface area contributed by atoms with Crippen LogP contribution in [-0.2, 0) is 11.2 Å². The lowest BCUT2D eigenvalue weighted by atomic mass is 9.89. The Balaban J connectivity index is 1.46. The molecule has 1 fully saturated rings. The Bertz CT molecular complexity index is 1080. The zero-order valence-corrected chi connectivity index (χ0v) is 18.7. The number of nitrogens with zero attached hydrogens (tertiary/aromatic N) is 4. The first-order valence-electron chi connectivity index (χ1n) is 10.8. The average Bonchev–Trinajstić information content (AvgIpc) is 2.84. The number of rotatable bonds is 6. The van der Waals surface area contributed by atoms with Gasteiger partial charge in [-0.1, -0.05) is 0 Å². The molecule has 1 amide bonds. The van der Waals surface area contributed by atoms with Crippen molar-refractivity contribution < 1.29 is 14.3 Å². The maximum atomic E-state index is 13.0. The van der Waals surface area contributed by atoms with Gasteiger partial charge in [-0.25, -0.2) is 9.97 Å². The van der Waals surface area contributed by atoms with Crippen molar-refractivity contribution in [2.45, 2.75) is 32.1 Å². The molecule has 0 radical (unpaired) electrons. The fourth-order valence-electron chi connectivity index (χ4n) is 4.25. The highest BCUT2D eigenvalue weighted by Gasteiger charge is 2.27. The molecule has 0 atom stereocenters. The van der Waals surface area contributed by atoms with E-state index in [1.807, 2.05) is 48.4 Å². The summed E-state index contributed by atoms with van der Waals surface area (Å²) in [5.74, 6) is 2.57. The van der Waals surface area contributed by atoms with Gasteiger partial charge < -0.3 is 14.4 Å². The van der Waals surface area contributed by atoms with Crippen LogP contribution in [0.15, 0.2) is 48.9 Å². The third kappa shape index (κ3) is 4.72. The first kappa shape index (κ1) is 21.7. The SMILES string of the molecule is COc1ccc(OC)c(CC(=O)N2CCC(c3nc(C)ncc3-c3ccncc3)CC2)c1. The molecule has 1 aliphatic rings. The van der Waals surface area contributed by atoms with Crippen LogP contribution in [-0.4, -0.2) is 53.1 Å². The summed E-state index contributed by atoms with van der Waals surface area (Å²) in [5, 5.41) is 0. The van der Waals surface area contributed by atoms with Gasteiger partial charge in [-0.3, -0.25) is 9.78 Å². The van der Waals surface area contributed by atoms with Crippen LogP contribution in [0.5, 0.6) is 11.5 Å². The van der Waals surface area contributed by atoms with Crippen molar-refractivity contribution >= 4 is 5.91 Å². The van der Waals surface area contributed by atoms with Crippen LogP contribution in [0.1, 0.15) is 35.8 Å². The van der Waals surface area contributed by atoms with Gasteiger partial charge in [0, 0.05) is 48.7 Å². The molecule has 0 spiro atoms. The van der Waals surface area contributed by atoms with Crippen molar-refractivity contribution in [3.05, 3.63) is 66.0 Å². The van der Waals surface area contributed by atoms with Gasteiger partial charge in [0.15, 0.2) is 0 Å². The van der Waals surface area contributed by atoms with Crippen LogP contribution < -0.4 is 9.47 Å². The summed E-state index contributed by atoms with van der Waals surface area (Å²) < 4.78 is 10.7. The highest BCUT2D eigenvalue weighted by Crippen LogP contribution is 2.34. The quantitative estimate of drug-likeness (QED) is 0.589. The van der Waals surface area contributed by atoms with Gasteiger partial charge in [0.25, 0.3) is 0 Å². The third-order valence-corrected chi connectivity index (χ3v) is 5.99. The molecule has 3 heterocycles. The summed E-state index contributed by atoms with van der Waals surface area (Å²) in [6.07, 6.45) is 7.50. The lowest BCUT2D eigenvalue weighted by molar-refractivity contribution is -0.131. The molecule has 1 saturated heterocycles. The van der Waals surface area contributed by atoms with Gasteiger partial charge in [0.1, 0.15) is 17.3 Å². The van der Waals surface area contributed by atoms with Gasteiger partial charge >= 0.3 is 0 Å². The number of likely N-dealkylation sites (tertiary alicyclic amines) is 1. The molecule has 1 aliphatic heterocycles. The number of hydrogen-bond donors (Lipinski definition) is 0. The number of carbonyl (C=O) groups excluding carboxylic acids is 1. The van der Waals surface area contributed by atoms with E-state index in [9.17, 15) is 4.79 Å². The number of benzene rings is 1. The summed E-state index contributed by atoms with van der Waals surface area (Å²) in [5.41, 5.74) is 4.01. The van der Waals surface area contributed by atoms with Crippen LogP contribution in [0.3, 0.4) is 0 Å². The Morgan fingerprint density at radius 1 is 1.09 bits per heavy atom. The fraction of sp³-hybridized carbons (Fsp3) is 0.360. The van der Waals surface area contributed by atoms with Crippen molar-refractivity contribution in [1.82, 2.24) is 19.9 Å². The number of carbonyl (C=O) groups is 1. The van der Waals surface area contributed by atoms with E-state index in [0.717, 1.165) is 46.8 Å². The first-order chi connectivity index (χ1) is 15.6. The molecule has 7 nitrogen and oxygen atoms in total. The van der Waals surface area contributed by atoms with E-state index >= 15 is 0 Å². The molecule has 0 aliphatic carbocycles. The lowest BCUT2D eigenvalue weighted by Crippen LogP contribution is -2.39. The predicted octanol–water partition coefficient (Wildman–Crippen LogP) is 3.81. The normalized spacial score (nSPS) is 14.3. The number of ether oxygens (including phenoxy) is 2. The lowest BCUT2D eigenvalue weighted by Gasteiger charge is -2.32. The Labute approximate surface area is 188 Å². The highest BCUT2D eigenvalue weighted by atomic mass is 16.5. The van der Waals surface area contributed by atoms with Crippen molar-refractivity contribution in [2.75, 3.05) is 27.3 Å². The second-order valence-electron chi connectivity index (χ2n) is 7.96. The van der Waals surface area contributed by atoms with E-state index in [0.29, 0.717) is 25.3 Å². The molecule has 3 aromatic rings. The number of aryl methyl sites for hydroxylation is 1. The van der Waals surface area contributed by atoms with E-state index < -0.39 is 0 Å². The van der Waals surface area contributed by atoms with E-state index in [4.69, 9.17) is 14.5 Å². The molecule has 0 N–H and O–H groups in total. The van der Waals surface area contributed by atoms with Crippen LogP contribution in [0.25, 0.3) is 11.1 Å². The van der Waals surface area contributed by atoms with Crippen LogP contribution in [0, 0.1) is 6.92 Å². The van der Waals surface area contributed by atoms with Crippen LogP contribution in [0.4, 0.5) is 0 Å². The zero-order chi connectivity index (χ0) is 22.5. The standard InChI is InChI=1S/C25H28N4O3/c1-17-27-16-22(18-6-10-26-11-7-18)25(28-17)19-8-12-29(13-9-19)24(30)15-20-14-21(31-2)4-5-23(20)32-3/h4-7,10-11,14,16,19H,8-9,12-13,15H2,1-3H3. The minimum atomic E-state index is 0.100. The van der Waals surface area contributed by atoms with E-state index in [-0.39, 0.29) is 11.8 Å². The van der Waals surface area contributed by atoms with Gasteiger partial charge in [-0.15, -0.1) is 0 Å². The summed E-state index contributed by atoms with van der Waals surface area (Å²) in [6.45, 7) is 3.32. The minimum absolute atomic E-state index is 0.100. The Kier molecular flexibility index (Phi) is 6.63. The van der Waals surface area contributed by atoms with Gasteiger partial charge in [-0.05, 0) is 55.7 Å². The van der Waals surface area contributed by atoms with Crippen molar-refractivity contribution in [2.24, 2.45) is 0 Å². The molecular weight excluding hydrogens is 404 g/mol. The highest BCUT2D eigenvalue weighted by molar-refractivity contribution is 5.80. The number of aromatic nitrogens is 3. The largest absolute Gasteiger partial charge is 0.497 e. The Hall–Kier alpha value is -3.48. The third-order valence-electron chi connectivity index (χ3n) is 5.99. The number of piperidine rings is 1. The van der Waals surface area contributed by atoms with E-state index in [2.05, 4.69) is 9.97 Å². The molecule has 2 aromatic heterocycles. The fourth-order valence-corrected chi connectivity index (χ4v) is 4.25. The van der Waals surface area contributed by atoms with Crippen molar-refractivity contribution in [3.63, 3.8) is 0 Å². The van der Waals surface area contributed by atoms with E-state index in [1.165, 1.54) is 0 Å². The predicted molar refractivity (Wildman–Crippen MR) is 122 cm³/mol. The monoisotopic (exact) mass is 432 g/mol. The smallest absolute Gasteiger partial charge is 0.227 e. The minimum Gasteiger partial charge on any atom is -0.497 e. The summed E-state index contributed by atoms with van der Waals surface area (Å²) in [6, 6.07) is 9.51. The van der Waals surface area contributed by atoms with Crippen LogP contribution >= 0.6 is 0 Å². The van der Waals surface area contributed by atoms with Gasteiger partial charge in [-0.2, -0.15) is 0 Å². The van der Waals surface area contributed by atoms with Crippen LogP contribution in [0.2, 0.25) is 0 Å². The van der Waals surface area contributed by atoms with Gasteiger partial charge in [0.2, 0.25) is 5.91 Å².